The molecular weight excluding hydrogens is 412 g/mol. The molecule has 0 radical (unpaired) electrons. The Morgan fingerprint density at radius 2 is 2.04 bits per heavy atom. The number of halogens is 1. The second-order valence-electron chi connectivity index (χ2n) is 7.45. The lowest BCUT2D eigenvalue weighted by Crippen LogP contribution is -2.23. The normalized spacial score (nSPS) is 14.0. The predicted molar refractivity (Wildman–Crippen MR) is 108 cm³/mol. The first-order valence-electron chi connectivity index (χ1n) is 8.18. The van der Waals surface area contributed by atoms with E-state index < -0.39 is 24.0 Å². The molecule has 0 aliphatic heterocycles. The SMILES string of the molecule is Cc1nc(C(O)c2ccc(Cl)s2)n(COCC[Si](C)(C)C)c1S(C)(=O)=O. The summed E-state index contributed by atoms with van der Waals surface area (Å²) in [5.74, 6) is 0.245. The molecule has 0 aromatic carbocycles. The highest BCUT2D eigenvalue weighted by molar-refractivity contribution is 7.90. The number of aromatic nitrogens is 2. The molecule has 0 fully saturated rings. The number of hydrogen-bond donors (Lipinski definition) is 1. The molecule has 10 heteroatoms. The highest BCUT2D eigenvalue weighted by Gasteiger charge is 2.27. The van der Waals surface area contributed by atoms with Crippen LogP contribution in [0.15, 0.2) is 17.2 Å². The van der Waals surface area contributed by atoms with Gasteiger partial charge in [-0.1, -0.05) is 31.2 Å². The van der Waals surface area contributed by atoms with E-state index in [-0.39, 0.29) is 17.6 Å². The standard InChI is InChI=1S/C16H25ClN2O4S2Si/c1-11-16(25(2,21)22)19(10-23-8-9-26(3,4)5)15(18-11)14(20)12-6-7-13(17)24-12/h6-7,14,20H,8-10H2,1-5H3. The minimum absolute atomic E-state index is 0.0270. The molecule has 26 heavy (non-hydrogen) atoms. The summed E-state index contributed by atoms with van der Waals surface area (Å²) in [6, 6.07) is 4.36. The number of hydrogen-bond acceptors (Lipinski definition) is 6. The van der Waals surface area contributed by atoms with Crippen LogP contribution in [0.25, 0.3) is 0 Å². The number of aliphatic hydroxyl groups is 1. The van der Waals surface area contributed by atoms with Gasteiger partial charge in [0.2, 0.25) is 0 Å². The molecule has 0 spiro atoms. The van der Waals surface area contributed by atoms with Gasteiger partial charge < -0.3 is 9.84 Å². The minimum atomic E-state index is -3.52. The van der Waals surface area contributed by atoms with Crippen LogP contribution >= 0.6 is 22.9 Å². The van der Waals surface area contributed by atoms with Gasteiger partial charge in [0.05, 0.1) is 10.0 Å². The van der Waals surface area contributed by atoms with Crippen LogP contribution < -0.4 is 0 Å². The Kier molecular flexibility index (Phi) is 6.74. The highest BCUT2D eigenvalue weighted by atomic mass is 35.5. The average Bonchev–Trinajstić information content (AvgIpc) is 3.05. The molecule has 2 heterocycles. The van der Waals surface area contributed by atoms with Crippen molar-refractivity contribution in [3.8, 4) is 0 Å². The predicted octanol–water partition coefficient (Wildman–Crippen LogP) is 3.70. The largest absolute Gasteiger partial charge is 0.380 e. The molecule has 2 aromatic rings. The summed E-state index contributed by atoms with van der Waals surface area (Å²) < 4.78 is 32.2. The molecule has 0 amide bonds. The number of sulfone groups is 1. The van der Waals surface area contributed by atoms with E-state index in [9.17, 15) is 13.5 Å². The zero-order valence-electron chi connectivity index (χ0n) is 15.6. The Morgan fingerprint density at radius 1 is 1.38 bits per heavy atom. The molecule has 1 N–H and O–H groups in total. The molecule has 0 saturated carbocycles. The smallest absolute Gasteiger partial charge is 0.192 e. The Labute approximate surface area is 164 Å². The van der Waals surface area contributed by atoms with Gasteiger partial charge in [-0.15, -0.1) is 11.3 Å². The third-order valence-corrected chi connectivity index (χ3v) is 8.00. The highest BCUT2D eigenvalue weighted by Crippen LogP contribution is 2.32. The van der Waals surface area contributed by atoms with Crippen molar-refractivity contribution in [2.75, 3.05) is 12.9 Å². The van der Waals surface area contributed by atoms with Crippen LogP contribution in [0.3, 0.4) is 0 Å². The summed E-state index contributed by atoms with van der Waals surface area (Å²) >= 11 is 7.18. The zero-order chi connectivity index (χ0) is 19.7. The molecule has 2 rings (SSSR count). The molecule has 146 valence electrons. The Morgan fingerprint density at radius 3 is 2.54 bits per heavy atom. The lowest BCUT2D eigenvalue weighted by molar-refractivity contribution is 0.0730. The Balaban J connectivity index is 2.35. The van der Waals surface area contributed by atoms with E-state index in [4.69, 9.17) is 16.3 Å². The van der Waals surface area contributed by atoms with Crippen molar-refractivity contribution in [2.45, 2.75) is 50.5 Å². The fourth-order valence-electron chi connectivity index (χ4n) is 2.52. The average molecular weight is 437 g/mol. The van der Waals surface area contributed by atoms with Crippen molar-refractivity contribution in [2.24, 2.45) is 0 Å². The molecule has 6 nitrogen and oxygen atoms in total. The summed E-state index contributed by atoms with van der Waals surface area (Å²) in [4.78, 5) is 4.92. The topological polar surface area (TPSA) is 81.4 Å². The molecule has 1 unspecified atom stereocenters. The van der Waals surface area contributed by atoms with Crippen molar-refractivity contribution < 1.29 is 18.3 Å². The van der Waals surface area contributed by atoms with E-state index in [1.165, 1.54) is 15.9 Å². The second-order valence-corrected chi connectivity index (χ2v) is 16.8. The fourth-order valence-corrected chi connectivity index (χ4v) is 5.45. The summed E-state index contributed by atoms with van der Waals surface area (Å²) in [6.45, 7) is 8.92. The van der Waals surface area contributed by atoms with Gasteiger partial charge in [0.1, 0.15) is 18.7 Å². The third kappa shape index (κ3) is 5.40. The van der Waals surface area contributed by atoms with Crippen molar-refractivity contribution in [1.29, 1.82) is 0 Å². The maximum absolute atomic E-state index is 12.2. The number of aliphatic hydroxyl groups excluding tert-OH is 1. The third-order valence-electron chi connectivity index (χ3n) is 3.79. The van der Waals surface area contributed by atoms with Gasteiger partial charge in [0.25, 0.3) is 0 Å². The van der Waals surface area contributed by atoms with Gasteiger partial charge in [0, 0.05) is 25.8 Å². The quantitative estimate of drug-likeness (QED) is 0.504. The first-order valence-corrected chi connectivity index (χ1v) is 15.0. The number of nitrogens with zero attached hydrogens (tertiary/aromatic N) is 2. The van der Waals surface area contributed by atoms with Crippen molar-refractivity contribution in [1.82, 2.24) is 9.55 Å². The lowest BCUT2D eigenvalue weighted by atomic mass is 10.3. The van der Waals surface area contributed by atoms with Crippen LogP contribution in [0.1, 0.15) is 22.5 Å². The van der Waals surface area contributed by atoms with Crippen LogP contribution in [0.2, 0.25) is 30.0 Å². The summed E-state index contributed by atoms with van der Waals surface area (Å²) in [7, 11) is -4.78. The first-order chi connectivity index (χ1) is 11.9. The van der Waals surface area contributed by atoms with Gasteiger partial charge in [-0.05, 0) is 25.1 Å². The molecule has 0 aliphatic carbocycles. The van der Waals surface area contributed by atoms with E-state index in [0.717, 1.165) is 12.3 Å². The van der Waals surface area contributed by atoms with Crippen LogP contribution in [0, 0.1) is 6.92 Å². The lowest BCUT2D eigenvalue weighted by Gasteiger charge is -2.18. The second kappa shape index (κ2) is 8.11. The van der Waals surface area contributed by atoms with Gasteiger partial charge in [0.15, 0.2) is 14.9 Å². The number of aryl methyl sites for hydroxylation is 1. The molecule has 0 bridgehead atoms. The molecule has 0 aliphatic rings. The molecule has 1 atom stereocenters. The molecule has 0 saturated heterocycles. The molecular formula is C16H25ClN2O4S2Si. The Hall–Kier alpha value is -0.713. The van der Waals surface area contributed by atoms with Gasteiger partial charge in [-0.25, -0.2) is 13.4 Å². The zero-order valence-corrected chi connectivity index (χ0v) is 19.0. The minimum Gasteiger partial charge on any atom is -0.380 e. The Bertz CT molecular complexity index is 871. The van der Waals surface area contributed by atoms with Crippen LogP contribution in [-0.2, 0) is 21.3 Å². The van der Waals surface area contributed by atoms with Gasteiger partial charge >= 0.3 is 0 Å². The first kappa shape index (κ1) is 21.6. The van der Waals surface area contributed by atoms with Crippen LogP contribution in [0.5, 0.6) is 0 Å². The summed E-state index contributed by atoms with van der Waals surface area (Å²) in [5.41, 5.74) is 0.345. The van der Waals surface area contributed by atoms with Crippen LogP contribution in [-0.4, -0.2) is 44.0 Å². The maximum atomic E-state index is 12.2. The van der Waals surface area contributed by atoms with E-state index in [2.05, 4.69) is 24.6 Å². The van der Waals surface area contributed by atoms with E-state index in [1.807, 2.05) is 0 Å². The van der Waals surface area contributed by atoms with Crippen molar-refractivity contribution >= 4 is 40.8 Å². The number of imidazole rings is 1. The molecule has 2 aromatic heterocycles. The van der Waals surface area contributed by atoms with Gasteiger partial charge in [-0.3, -0.25) is 4.57 Å². The van der Waals surface area contributed by atoms with E-state index in [1.54, 1.807) is 19.1 Å². The number of ether oxygens (including phenoxy) is 1. The van der Waals surface area contributed by atoms with Crippen molar-refractivity contribution in [3.05, 3.63) is 32.9 Å². The van der Waals surface area contributed by atoms with Gasteiger partial charge in [-0.2, -0.15) is 0 Å². The van der Waals surface area contributed by atoms with E-state index >= 15 is 0 Å². The monoisotopic (exact) mass is 436 g/mol. The summed E-state index contributed by atoms with van der Waals surface area (Å²) in [5, 5.41) is 10.8. The maximum Gasteiger partial charge on any atom is 0.192 e. The number of thiophene rings is 1. The van der Waals surface area contributed by atoms with Crippen LogP contribution in [0.4, 0.5) is 0 Å². The fraction of sp³-hybridized carbons (Fsp3) is 0.562. The van der Waals surface area contributed by atoms with Crippen molar-refractivity contribution in [3.63, 3.8) is 0 Å². The van der Waals surface area contributed by atoms with E-state index in [0.29, 0.717) is 21.5 Å². The number of rotatable bonds is 8. The summed E-state index contributed by atoms with van der Waals surface area (Å²) in [6.07, 6.45) is 0.0654.